The van der Waals surface area contributed by atoms with Crippen molar-refractivity contribution in [2.24, 2.45) is 0 Å². The first kappa shape index (κ1) is 18.2. The molecule has 3 aromatic rings. The number of benzene rings is 3. The minimum absolute atomic E-state index is 0.0140. The van der Waals surface area contributed by atoms with Crippen LogP contribution in [0.1, 0.15) is 15.9 Å². The third kappa shape index (κ3) is 3.65. The van der Waals surface area contributed by atoms with Crippen molar-refractivity contribution >= 4 is 38.1 Å². The van der Waals surface area contributed by atoms with Crippen molar-refractivity contribution in [3.05, 3.63) is 82.5 Å². The number of hydrogen-bond donors (Lipinski definition) is 0. The Labute approximate surface area is 162 Å². The Morgan fingerprint density at radius 2 is 1.62 bits per heavy atom. The molecular formula is C22H20BrNO2. The fourth-order valence-corrected chi connectivity index (χ4v) is 3.21. The second-order valence-corrected chi connectivity index (χ2v) is 7.12. The molecule has 3 aromatic carbocycles. The second-order valence-electron chi connectivity index (χ2n) is 6.20. The Morgan fingerprint density at radius 3 is 2.23 bits per heavy atom. The molecule has 0 heterocycles. The van der Waals surface area contributed by atoms with Crippen LogP contribution < -0.4 is 4.74 Å². The summed E-state index contributed by atoms with van der Waals surface area (Å²) < 4.78 is 6.43. The maximum Gasteiger partial charge on any atom is 0.195 e. The monoisotopic (exact) mass is 409 g/mol. The molecule has 0 N–H and O–H groups in total. The molecule has 3 rings (SSSR count). The van der Waals surface area contributed by atoms with E-state index in [0.717, 1.165) is 26.6 Å². The van der Waals surface area contributed by atoms with Gasteiger partial charge in [0.05, 0.1) is 7.11 Å². The number of ether oxygens (including phenoxy) is 1. The van der Waals surface area contributed by atoms with E-state index in [2.05, 4.69) is 15.9 Å². The van der Waals surface area contributed by atoms with Gasteiger partial charge in [-0.3, -0.25) is 4.79 Å². The molecule has 0 atom stereocenters. The first-order valence-electron chi connectivity index (χ1n) is 8.26. The molecule has 0 aromatic heterocycles. The fourth-order valence-electron chi connectivity index (χ4n) is 2.94. The van der Waals surface area contributed by atoms with Gasteiger partial charge in [-0.2, -0.15) is 0 Å². The van der Waals surface area contributed by atoms with E-state index in [4.69, 9.17) is 4.74 Å². The van der Waals surface area contributed by atoms with Crippen LogP contribution in [0.2, 0.25) is 0 Å². The molecule has 0 aliphatic rings. The topological polar surface area (TPSA) is 29.5 Å². The quantitative estimate of drug-likeness (QED) is 0.417. The average molecular weight is 410 g/mol. The van der Waals surface area contributed by atoms with Gasteiger partial charge in [0.1, 0.15) is 5.75 Å². The minimum Gasteiger partial charge on any atom is -0.496 e. The van der Waals surface area contributed by atoms with Crippen molar-refractivity contribution in [3.63, 3.8) is 0 Å². The highest BCUT2D eigenvalue weighted by Gasteiger charge is 2.18. The normalized spacial score (nSPS) is 11.5. The van der Waals surface area contributed by atoms with Gasteiger partial charge in [-0.15, -0.1) is 0 Å². The molecule has 0 unspecified atom stereocenters. The highest BCUT2D eigenvalue weighted by Crippen LogP contribution is 2.31. The lowest BCUT2D eigenvalue weighted by Gasteiger charge is -2.14. The number of allylic oxidation sites excluding steroid dienone is 1. The van der Waals surface area contributed by atoms with Crippen LogP contribution in [0.3, 0.4) is 0 Å². The second kappa shape index (κ2) is 7.75. The van der Waals surface area contributed by atoms with E-state index in [9.17, 15) is 4.79 Å². The Hall–Kier alpha value is -2.59. The number of Topliss-reactive ketones (excluding diaryl/α,β-unsaturated/α-hetero) is 1. The zero-order chi connectivity index (χ0) is 18.7. The van der Waals surface area contributed by atoms with Crippen molar-refractivity contribution in [2.45, 2.75) is 0 Å². The number of carbonyl (C=O) groups is 1. The van der Waals surface area contributed by atoms with Crippen molar-refractivity contribution in [1.29, 1.82) is 0 Å². The van der Waals surface area contributed by atoms with Crippen LogP contribution >= 0.6 is 15.9 Å². The predicted molar refractivity (Wildman–Crippen MR) is 111 cm³/mol. The van der Waals surface area contributed by atoms with Gasteiger partial charge in [0, 0.05) is 41.3 Å². The Bertz CT molecular complexity index is 975. The van der Waals surface area contributed by atoms with E-state index in [1.807, 2.05) is 85.9 Å². The van der Waals surface area contributed by atoms with Gasteiger partial charge in [0.2, 0.25) is 0 Å². The van der Waals surface area contributed by atoms with Crippen LogP contribution in [0, 0.1) is 0 Å². The van der Waals surface area contributed by atoms with Gasteiger partial charge < -0.3 is 9.64 Å². The summed E-state index contributed by atoms with van der Waals surface area (Å²) in [4.78, 5) is 15.3. The summed E-state index contributed by atoms with van der Waals surface area (Å²) >= 11 is 3.45. The standard InChI is InChI=1S/C22H20BrNO2/c1-24(2)14-20(15-8-10-16(23)11-9-15)22(25)19-12-13-21(26-3)18-7-5-4-6-17(18)19/h4-14H,1-3H3/b20-14+. The number of fused-ring (bicyclic) bond motifs is 1. The number of ketones is 1. The van der Waals surface area contributed by atoms with E-state index in [1.54, 1.807) is 7.11 Å². The first-order chi connectivity index (χ1) is 12.5. The molecule has 0 radical (unpaired) electrons. The van der Waals surface area contributed by atoms with Gasteiger partial charge >= 0.3 is 0 Å². The van der Waals surface area contributed by atoms with E-state index in [-0.39, 0.29) is 5.78 Å². The largest absolute Gasteiger partial charge is 0.496 e. The van der Waals surface area contributed by atoms with Gasteiger partial charge in [-0.1, -0.05) is 52.3 Å². The van der Waals surface area contributed by atoms with E-state index in [0.29, 0.717) is 11.1 Å². The Balaban J connectivity index is 2.17. The summed E-state index contributed by atoms with van der Waals surface area (Å²) in [5.41, 5.74) is 2.20. The zero-order valence-electron chi connectivity index (χ0n) is 15.0. The summed E-state index contributed by atoms with van der Waals surface area (Å²) in [6.45, 7) is 0. The zero-order valence-corrected chi connectivity index (χ0v) is 16.6. The van der Waals surface area contributed by atoms with Crippen LogP contribution in [0.5, 0.6) is 5.75 Å². The van der Waals surface area contributed by atoms with Gasteiger partial charge in [0.25, 0.3) is 0 Å². The smallest absolute Gasteiger partial charge is 0.195 e. The highest BCUT2D eigenvalue weighted by molar-refractivity contribution is 9.10. The maximum atomic E-state index is 13.4. The Kier molecular flexibility index (Phi) is 5.43. The van der Waals surface area contributed by atoms with Crippen LogP contribution in [0.4, 0.5) is 0 Å². The van der Waals surface area contributed by atoms with Crippen molar-refractivity contribution in [3.8, 4) is 5.75 Å². The molecule has 3 nitrogen and oxygen atoms in total. The number of nitrogens with zero attached hydrogens (tertiary/aromatic N) is 1. The van der Waals surface area contributed by atoms with Gasteiger partial charge in [-0.05, 0) is 35.2 Å². The molecule has 26 heavy (non-hydrogen) atoms. The number of carbonyl (C=O) groups excluding carboxylic acids is 1. The van der Waals surface area contributed by atoms with Crippen molar-refractivity contribution < 1.29 is 9.53 Å². The SMILES string of the molecule is COc1ccc(C(=O)/C(=C/N(C)C)c2ccc(Br)cc2)c2ccccc12. The number of rotatable bonds is 5. The molecule has 0 saturated carbocycles. The van der Waals surface area contributed by atoms with Crippen LogP contribution in [0.25, 0.3) is 16.3 Å². The molecule has 0 aliphatic carbocycles. The average Bonchev–Trinajstić information content (AvgIpc) is 2.65. The first-order valence-corrected chi connectivity index (χ1v) is 9.05. The van der Waals surface area contributed by atoms with Crippen LogP contribution in [-0.4, -0.2) is 31.9 Å². The van der Waals surface area contributed by atoms with E-state index >= 15 is 0 Å². The number of hydrogen-bond acceptors (Lipinski definition) is 3. The third-order valence-corrected chi connectivity index (χ3v) is 4.66. The van der Waals surface area contributed by atoms with Crippen LogP contribution in [-0.2, 0) is 0 Å². The minimum atomic E-state index is -0.0140. The summed E-state index contributed by atoms with van der Waals surface area (Å²) in [5.74, 6) is 0.749. The molecule has 0 fully saturated rings. The molecular weight excluding hydrogens is 390 g/mol. The molecule has 0 amide bonds. The number of halogens is 1. The lowest BCUT2D eigenvalue weighted by molar-refractivity contribution is 0.105. The number of methoxy groups -OCH3 is 1. The third-order valence-electron chi connectivity index (χ3n) is 4.14. The van der Waals surface area contributed by atoms with E-state index in [1.165, 1.54) is 0 Å². The Morgan fingerprint density at radius 1 is 0.962 bits per heavy atom. The summed E-state index contributed by atoms with van der Waals surface area (Å²) in [5, 5.41) is 1.82. The predicted octanol–water partition coefficient (Wildman–Crippen LogP) is 5.40. The van der Waals surface area contributed by atoms with E-state index < -0.39 is 0 Å². The van der Waals surface area contributed by atoms with Crippen molar-refractivity contribution in [2.75, 3.05) is 21.2 Å². The molecule has 132 valence electrons. The maximum absolute atomic E-state index is 13.4. The summed E-state index contributed by atoms with van der Waals surface area (Å²) in [7, 11) is 5.47. The summed E-state index contributed by atoms with van der Waals surface area (Å²) in [6.07, 6.45) is 1.87. The summed E-state index contributed by atoms with van der Waals surface area (Å²) in [6, 6.07) is 19.3. The van der Waals surface area contributed by atoms with Gasteiger partial charge in [-0.25, -0.2) is 0 Å². The lowest BCUT2D eigenvalue weighted by Crippen LogP contribution is -2.10. The van der Waals surface area contributed by atoms with Gasteiger partial charge in [0.15, 0.2) is 5.78 Å². The molecule has 0 spiro atoms. The molecule has 0 bridgehead atoms. The van der Waals surface area contributed by atoms with Crippen molar-refractivity contribution in [1.82, 2.24) is 4.90 Å². The highest BCUT2D eigenvalue weighted by atomic mass is 79.9. The molecule has 0 aliphatic heterocycles. The van der Waals surface area contributed by atoms with Crippen LogP contribution in [0.15, 0.2) is 71.3 Å². The fraction of sp³-hybridized carbons (Fsp3) is 0.136. The lowest BCUT2D eigenvalue weighted by atomic mass is 9.93. The molecule has 0 saturated heterocycles. The molecule has 4 heteroatoms.